The molecule has 0 atom stereocenters. The second-order valence-corrected chi connectivity index (χ2v) is 6.02. The van der Waals surface area contributed by atoms with Gasteiger partial charge in [0.2, 0.25) is 0 Å². The highest BCUT2D eigenvalue weighted by molar-refractivity contribution is 6.03. The Morgan fingerprint density at radius 1 is 1.03 bits per heavy atom. The van der Waals surface area contributed by atoms with Crippen molar-refractivity contribution >= 4 is 17.4 Å². The molecule has 7 heteroatoms. The van der Waals surface area contributed by atoms with Crippen molar-refractivity contribution in [3.63, 3.8) is 0 Å². The minimum absolute atomic E-state index is 0.236. The minimum Gasteiger partial charge on any atom is -0.493 e. The Hall–Kier alpha value is -3.87. The lowest BCUT2D eigenvalue weighted by Crippen LogP contribution is -2.16. The monoisotopic (exact) mass is 390 g/mol. The molecule has 0 spiro atoms. The van der Waals surface area contributed by atoms with Gasteiger partial charge in [0.05, 0.1) is 14.2 Å². The standard InChI is InChI=1S/C22H22N4O3/c1-4-12-23-20-14-17(25-21(26-20)15-8-6-5-7-9-15)22(27)24-16-10-11-18(28-2)19(13-16)29-3/h4-11,13-14H,1,12H2,2-3H3,(H,24,27)(H,23,25,26). The van der Waals surface area contributed by atoms with E-state index in [1.807, 2.05) is 30.3 Å². The van der Waals surface area contributed by atoms with Gasteiger partial charge in [-0.25, -0.2) is 9.97 Å². The SMILES string of the molecule is C=CCNc1cc(C(=O)Nc2ccc(OC)c(OC)c2)nc(-c2ccccc2)n1. The second-order valence-electron chi connectivity index (χ2n) is 6.02. The van der Waals surface area contributed by atoms with E-state index in [-0.39, 0.29) is 11.6 Å². The summed E-state index contributed by atoms with van der Waals surface area (Å²) in [7, 11) is 3.09. The van der Waals surface area contributed by atoms with Crippen molar-refractivity contribution in [2.24, 2.45) is 0 Å². The second kappa shape index (κ2) is 9.36. The van der Waals surface area contributed by atoms with E-state index in [0.29, 0.717) is 35.4 Å². The maximum Gasteiger partial charge on any atom is 0.274 e. The molecule has 1 heterocycles. The molecule has 148 valence electrons. The third-order valence-corrected chi connectivity index (χ3v) is 4.06. The lowest BCUT2D eigenvalue weighted by molar-refractivity contribution is 0.102. The number of ether oxygens (including phenoxy) is 2. The van der Waals surface area contributed by atoms with Crippen LogP contribution < -0.4 is 20.1 Å². The van der Waals surface area contributed by atoms with Gasteiger partial charge in [0.1, 0.15) is 11.5 Å². The number of amides is 1. The zero-order valence-corrected chi connectivity index (χ0v) is 16.3. The zero-order chi connectivity index (χ0) is 20.6. The molecule has 2 aromatic carbocycles. The molecule has 0 unspecified atom stereocenters. The summed E-state index contributed by atoms with van der Waals surface area (Å²) in [6.07, 6.45) is 1.72. The van der Waals surface area contributed by atoms with Crippen molar-refractivity contribution in [2.45, 2.75) is 0 Å². The molecule has 29 heavy (non-hydrogen) atoms. The Labute approximate surface area is 169 Å². The number of anilines is 2. The summed E-state index contributed by atoms with van der Waals surface area (Å²) in [5.74, 6) is 1.73. The van der Waals surface area contributed by atoms with Crippen molar-refractivity contribution in [1.29, 1.82) is 0 Å². The van der Waals surface area contributed by atoms with Crippen LogP contribution >= 0.6 is 0 Å². The molecule has 0 saturated carbocycles. The van der Waals surface area contributed by atoms with Gasteiger partial charge in [0, 0.05) is 29.9 Å². The summed E-state index contributed by atoms with van der Waals surface area (Å²) in [6, 6.07) is 16.2. The molecule has 0 aliphatic rings. The van der Waals surface area contributed by atoms with Gasteiger partial charge < -0.3 is 20.1 Å². The quantitative estimate of drug-likeness (QED) is 0.565. The van der Waals surface area contributed by atoms with Crippen LogP contribution in [0.15, 0.2) is 67.3 Å². The molecule has 3 rings (SSSR count). The Morgan fingerprint density at radius 3 is 2.48 bits per heavy atom. The zero-order valence-electron chi connectivity index (χ0n) is 16.3. The number of hydrogen-bond acceptors (Lipinski definition) is 6. The molecule has 0 bridgehead atoms. The molecule has 0 fully saturated rings. The van der Waals surface area contributed by atoms with Gasteiger partial charge in [0.15, 0.2) is 17.3 Å². The number of nitrogens with one attached hydrogen (secondary N) is 2. The molecule has 0 aliphatic heterocycles. The molecule has 1 amide bonds. The molecule has 0 aliphatic carbocycles. The maximum absolute atomic E-state index is 12.9. The summed E-state index contributed by atoms with van der Waals surface area (Å²) in [4.78, 5) is 21.8. The van der Waals surface area contributed by atoms with Crippen LogP contribution in [0.25, 0.3) is 11.4 Å². The van der Waals surface area contributed by atoms with Gasteiger partial charge in [-0.05, 0) is 12.1 Å². The van der Waals surface area contributed by atoms with Gasteiger partial charge in [-0.2, -0.15) is 0 Å². The predicted molar refractivity (Wildman–Crippen MR) is 114 cm³/mol. The maximum atomic E-state index is 12.9. The van der Waals surface area contributed by atoms with E-state index in [1.54, 1.807) is 37.5 Å². The Balaban J connectivity index is 1.92. The predicted octanol–water partition coefficient (Wildman–Crippen LogP) is 4.01. The van der Waals surface area contributed by atoms with Crippen LogP contribution in [-0.2, 0) is 0 Å². The number of carbonyl (C=O) groups is 1. The molecule has 7 nitrogen and oxygen atoms in total. The molecule has 1 aromatic heterocycles. The normalized spacial score (nSPS) is 10.1. The van der Waals surface area contributed by atoms with Gasteiger partial charge in [-0.1, -0.05) is 36.4 Å². The lowest BCUT2D eigenvalue weighted by atomic mass is 10.2. The van der Waals surface area contributed by atoms with Crippen LogP contribution in [0.3, 0.4) is 0 Å². The largest absolute Gasteiger partial charge is 0.493 e. The number of hydrogen-bond donors (Lipinski definition) is 2. The van der Waals surface area contributed by atoms with Crippen molar-refractivity contribution in [1.82, 2.24) is 9.97 Å². The highest BCUT2D eigenvalue weighted by Crippen LogP contribution is 2.30. The minimum atomic E-state index is -0.363. The molecule has 0 saturated heterocycles. The highest BCUT2D eigenvalue weighted by atomic mass is 16.5. The smallest absolute Gasteiger partial charge is 0.274 e. The number of methoxy groups -OCH3 is 2. The van der Waals surface area contributed by atoms with Crippen LogP contribution in [0.1, 0.15) is 10.5 Å². The van der Waals surface area contributed by atoms with Gasteiger partial charge >= 0.3 is 0 Å². The molecule has 0 radical (unpaired) electrons. The number of benzene rings is 2. The Bertz CT molecular complexity index is 1010. The summed E-state index contributed by atoms with van der Waals surface area (Å²) in [5.41, 5.74) is 1.61. The van der Waals surface area contributed by atoms with E-state index in [1.165, 1.54) is 7.11 Å². The molecule has 2 N–H and O–H groups in total. The van der Waals surface area contributed by atoms with Crippen molar-refractivity contribution < 1.29 is 14.3 Å². The van der Waals surface area contributed by atoms with Gasteiger partial charge in [-0.15, -0.1) is 6.58 Å². The van der Waals surface area contributed by atoms with E-state index in [9.17, 15) is 4.79 Å². The third-order valence-electron chi connectivity index (χ3n) is 4.06. The van der Waals surface area contributed by atoms with Crippen molar-refractivity contribution in [3.8, 4) is 22.9 Å². The van der Waals surface area contributed by atoms with Crippen LogP contribution in [-0.4, -0.2) is 36.6 Å². The number of nitrogens with zero attached hydrogens (tertiary/aromatic N) is 2. The fraction of sp³-hybridized carbons (Fsp3) is 0.136. The summed E-state index contributed by atoms with van der Waals surface area (Å²) in [6.45, 7) is 4.21. The number of carbonyl (C=O) groups excluding carboxylic acids is 1. The summed E-state index contributed by atoms with van der Waals surface area (Å²) in [5, 5.41) is 5.94. The van der Waals surface area contributed by atoms with Gasteiger partial charge in [0.25, 0.3) is 5.91 Å². The first-order valence-electron chi connectivity index (χ1n) is 8.97. The third kappa shape index (κ3) is 4.90. The molecular formula is C22H22N4O3. The Kier molecular flexibility index (Phi) is 6.42. The first-order chi connectivity index (χ1) is 14.1. The topological polar surface area (TPSA) is 85.4 Å². The van der Waals surface area contributed by atoms with Gasteiger partial charge in [-0.3, -0.25) is 4.79 Å². The molecule has 3 aromatic rings. The summed E-state index contributed by atoms with van der Waals surface area (Å²) >= 11 is 0. The van der Waals surface area contributed by atoms with E-state index >= 15 is 0 Å². The van der Waals surface area contributed by atoms with E-state index in [0.717, 1.165) is 5.56 Å². The fourth-order valence-electron chi connectivity index (χ4n) is 2.66. The fourth-order valence-corrected chi connectivity index (χ4v) is 2.66. The van der Waals surface area contributed by atoms with Crippen LogP contribution in [0.5, 0.6) is 11.5 Å². The highest BCUT2D eigenvalue weighted by Gasteiger charge is 2.14. The van der Waals surface area contributed by atoms with Crippen molar-refractivity contribution in [2.75, 3.05) is 31.4 Å². The van der Waals surface area contributed by atoms with E-state index < -0.39 is 0 Å². The summed E-state index contributed by atoms with van der Waals surface area (Å²) < 4.78 is 10.5. The van der Waals surface area contributed by atoms with Crippen molar-refractivity contribution in [3.05, 3.63) is 72.9 Å². The number of rotatable bonds is 8. The first kappa shape index (κ1) is 19.9. The van der Waals surface area contributed by atoms with Crippen LogP contribution in [0.2, 0.25) is 0 Å². The van der Waals surface area contributed by atoms with E-state index in [4.69, 9.17) is 9.47 Å². The Morgan fingerprint density at radius 2 is 1.79 bits per heavy atom. The van der Waals surface area contributed by atoms with E-state index in [2.05, 4.69) is 27.2 Å². The van der Waals surface area contributed by atoms with Crippen LogP contribution in [0.4, 0.5) is 11.5 Å². The number of aromatic nitrogens is 2. The average molecular weight is 390 g/mol. The van der Waals surface area contributed by atoms with Crippen LogP contribution in [0, 0.1) is 0 Å². The first-order valence-corrected chi connectivity index (χ1v) is 8.97. The lowest BCUT2D eigenvalue weighted by Gasteiger charge is -2.12. The molecular weight excluding hydrogens is 368 g/mol. The average Bonchev–Trinajstić information content (AvgIpc) is 2.77.